The Balaban J connectivity index is 1.58. The van der Waals surface area contributed by atoms with Gasteiger partial charge < -0.3 is 10.1 Å². The van der Waals surface area contributed by atoms with Gasteiger partial charge in [-0.05, 0) is 54.4 Å². The molecular formula is C22H22N2O4S. The lowest BCUT2D eigenvalue weighted by molar-refractivity contribution is 0.0940. The molecule has 1 atom stereocenters. The van der Waals surface area contributed by atoms with Crippen molar-refractivity contribution in [2.75, 3.05) is 0 Å². The smallest absolute Gasteiger partial charge is 0.251 e. The van der Waals surface area contributed by atoms with E-state index < -0.39 is 10.0 Å². The minimum absolute atomic E-state index is 0.0332. The molecule has 6 nitrogen and oxygen atoms in total. The molecule has 0 saturated heterocycles. The number of rotatable bonds is 7. The molecule has 29 heavy (non-hydrogen) atoms. The Labute approximate surface area is 170 Å². The molecule has 1 unspecified atom stereocenters. The van der Waals surface area contributed by atoms with Crippen molar-refractivity contribution in [2.45, 2.75) is 24.5 Å². The first-order valence-electron chi connectivity index (χ1n) is 9.03. The van der Waals surface area contributed by atoms with Gasteiger partial charge in [-0.15, -0.1) is 0 Å². The molecule has 3 rings (SSSR count). The number of sulfonamides is 1. The van der Waals surface area contributed by atoms with E-state index in [-0.39, 0.29) is 16.8 Å². The SMILES string of the molecule is CC(NC(=O)c1ccc(OCc2ccccc2)cc1)c1ccc(S(N)(=O)=O)cc1. The average Bonchev–Trinajstić information content (AvgIpc) is 2.73. The van der Waals surface area contributed by atoms with Gasteiger partial charge in [0.2, 0.25) is 10.0 Å². The monoisotopic (exact) mass is 410 g/mol. The number of carbonyl (C=O) groups excluding carboxylic acids is 1. The van der Waals surface area contributed by atoms with Crippen LogP contribution in [0.4, 0.5) is 0 Å². The van der Waals surface area contributed by atoms with Gasteiger partial charge in [-0.3, -0.25) is 4.79 Å². The van der Waals surface area contributed by atoms with Crippen LogP contribution in [-0.4, -0.2) is 14.3 Å². The number of nitrogens with one attached hydrogen (secondary N) is 1. The zero-order valence-corrected chi connectivity index (χ0v) is 16.7. The maximum absolute atomic E-state index is 12.5. The van der Waals surface area contributed by atoms with E-state index in [2.05, 4.69) is 5.32 Å². The van der Waals surface area contributed by atoms with Crippen molar-refractivity contribution in [3.8, 4) is 5.75 Å². The predicted molar refractivity (Wildman–Crippen MR) is 111 cm³/mol. The summed E-state index contributed by atoms with van der Waals surface area (Å²) in [5.41, 5.74) is 2.34. The summed E-state index contributed by atoms with van der Waals surface area (Å²) in [6.07, 6.45) is 0. The topological polar surface area (TPSA) is 98.5 Å². The van der Waals surface area contributed by atoms with Crippen LogP contribution in [-0.2, 0) is 16.6 Å². The highest BCUT2D eigenvalue weighted by molar-refractivity contribution is 7.89. The number of carbonyl (C=O) groups is 1. The third kappa shape index (κ3) is 5.66. The van der Waals surface area contributed by atoms with E-state index in [1.165, 1.54) is 12.1 Å². The summed E-state index contributed by atoms with van der Waals surface area (Å²) in [4.78, 5) is 12.5. The number of ether oxygens (including phenoxy) is 1. The highest BCUT2D eigenvalue weighted by atomic mass is 32.2. The van der Waals surface area contributed by atoms with E-state index >= 15 is 0 Å². The van der Waals surface area contributed by atoms with Gasteiger partial charge in [-0.1, -0.05) is 42.5 Å². The Morgan fingerprint density at radius 1 is 0.966 bits per heavy atom. The lowest BCUT2D eigenvalue weighted by atomic mass is 10.1. The fourth-order valence-electron chi connectivity index (χ4n) is 2.75. The number of primary sulfonamides is 1. The Morgan fingerprint density at radius 3 is 2.17 bits per heavy atom. The van der Waals surface area contributed by atoms with Crippen LogP contribution in [0.15, 0.2) is 83.8 Å². The fourth-order valence-corrected chi connectivity index (χ4v) is 3.27. The molecule has 0 aliphatic rings. The van der Waals surface area contributed by atoms with Crippen molar-refractivity contribution in [3.05, 3.63) is 95.6 Å². The van der Waals surface area contributed by atoms with Crippen molar-refractivity contribution in [2.24, 2.45) is 5.14 Å². The summed E-state index contributed by atoms with van der Waals surface area (Å²) in [5.74, 6) is 0.444. The van der Waals surface area contributed by atoms with Crippen LogP contribution in [0.25, 0.3) is 0 Å². The highest BCUT2D eigenvalue weighted by Gasteiger charge is 2.13. The molecule has 0 radical (unpaired) electrons. The third-order valence-electron chi connectivity index (χ3n) is 4.42. The molecule has 3 N–H and O–H groups in total. The van der Waals surface area contributed by atoms with Crippen molar-refractivity contribution in [3.63, 3.8) is 0 Å². The van der Waals surface area contributed by atoms with E-state index in [1.54, 1.807) is 36.4 Å². The summed E-state index contributed by atoms with van der Waals surface area (Å²) in [7, 11) is -3.74. The van der Waals surface area contributed by atoms with Crippen LogP contribution in [0.2, 0.25) is 0 Å². The molecule has 1 amide bonds. The summed E-state index contributed by atoms with van der Waals surface area (Å²) in [5, 5.41) is 7.99. The minimum Gasteiger partial charge on any atom is -0.489 e. The maximum Gasteiger partial charge on any atom is 0.251 e. The fraction of sp³-hybridized carbons (Fsp3) is 0.136. The molecule has 0 aliphatic heterocycles. The van der Waals surface area contributed by atoms with Crippen LogP contribution in [0.3, 0.4) is 0 Å². The van der Waals surface area contributed by atoms with Gasteiger partial charge in [0.15, 0.2) is 0 Å². The van der Waals surface area contributed by atoms with E-state index in [0.29, 0.717) is 17.9 Å². The highest BCUT2D eigenvalue weighted by Crippen LogP contribution is 2.18. The molecule has 0 spiro atoms. The van der Waals surface area contributed by atoms with Crippen molar-refractivity contribution in [1.82, 2.24) is 5.32 Å². The molecule has 3 aromatic carbocycles. The summed E-state index contributed by atoms with van der Waals surface area (Å²) in [6, 6.07) is 22.5. The first-order chi connectivity index (χ1) is 13.8. The maximum atomic E-state index is 12.5. The van der Waals surface area contributed by atoms with Gasteiger partial charge in [-0.2, -0.15) is 0 Å². The Morgan fingerprint density at radius 2 is 1.59 bits per heavy atom. The summed E-state index contributed by atoms with van der Waals surface area (Å²) >= 11 is 0. The molecular weight excluding hydrogens is 388 g/mol. The quantitative estimate of drug-likeness (QED) is 0.624. The zero-order valence-electron chi connectivity index (χ0n) is 15.9. The molecule has 0 heterocycles. The molecule has 7 heteroatoms. The largest absolute Gasteiger partial charge is 0.489 e. The zero-order chi connectivity index (χ0) is 20.9. The number of hydrogen-bond donors (Lipinski definition) is 2. The molecule has 0 fully saturated rings. The third-order valence-corrected chi connectivity index (χ3v) is 5.35. The Bertz CT molecular complexity index is 1060. The lowest BCUT2D eigenvalue weighted by Crippen LogP contribution is -2.26. The minimum atomic E-state index is -3.74. The van der Waals surface area contributed by atoms with Crippen molar-refractivity contribution >= 4 is 15.9 Å². The van der Waals surface area contributed by atoms with Gasteiger partial charge in [0.1, 0.15) is 12.4 Å². The average molecular weight is 410 g/mol. The Hall–Kier alpha value is -3.16. The second kappa shape index (κ2) is 8.89. The first-order valence-corrected chi connectivity index (χ1v) is 10.6. The van der Waals surface area contributed by atoms with E-state index in [0.717, 1.165) is 11.1 Å². The van der Waals surface area contributed by atoms with Crippen LogP contribution in [0.1, 0.15) is 34.5 Å². The summed E-state index contributed by atoms with van der Waals surface area (Å²) < 4.78 is 28.4. The van der Waals surface area contributed by atoms with Crippen LogP contribution in [0, 0.1) is 0 Å². The van der Waals surface area contributed by atoms with E-state index in [1.807, 2.05) is 37.3 Å². The van der Waals surface area contributed by atoms with Gasteiger partial charge >= 0.3 is 0 Å². The molecule has 0 bridgehead atoms. The molecule has 0 saturated carbocycles. The van der Waals surface area contributed by atoms with Gasteiger partial charge in [-0.25, -0.2) is 13.6 Å². The number of benzene rings is 3. The van der Waals surface area contributed by atoms with Gasteiger partial charge in [0.25, 0.3) is 5.91 Å². The number of amides is 1. The van der Waals surface area contributed by atoms with Crippen molar-refractivity contribution < 1.29 is 17.9 Å². The van der Waals surface area contributed by atoms with Crippen molar-refractivity contribution in [1.29, 1.82) is 0 Å². The predicted octanol–water partition coefficient (Wildman–Crippen LogP) is 3.40. The van der Waals surface area contributed by atoms with Crippen LogP contribution >= 0.6 is 0 Å². The van der Waals surface area contributed by atoms with E-state index in [9.17, 15) is 13.2 Å². The summed E-state index contributed by atoms with van der Waals surface area (Å²) in [6.45, 7) is 2.28. The normalized spacial score (nSPS) is 12.2. The van der Waals surface area contributed by atoms with Crippen LogP contribution in [0.5, 0.6) is 5.75 Å². The lowest BCUT2D eigenvalue weighted by Gasteiger charge is -2.15. The van der Waals surface area contributed by atoms with Crippen LogP contribution < -0.4 is 15.2 Å². The molecule has 150 valence electrons. The van der Waals surface area contributed by atoms with Gasteiger partial charge in [0.05, 0.1) is 10.9 Å². The second-order valence-electron chi connectivity index (χ2n) is 6.61. The first kappa shape index (κ1) is 20.6. The molecule has 0 aromatic heterocycles. The number of hydrogen-bond acceptors (Lipinski definition) is 4. The van der Waals surface area contributed by atoms with E-state index in [4.69, 9.17) is 9.88 Å². The molecule has 0 aliphatic carbocycles. The standard InChI is InChI=1S/C22H22N2O4S/c1-16(18-9-13-21(14-10-18)29(23,26)27)24-22(25)19-7-11-20(12-8-19)28-15-17-5-3-2-4-6-17/h2-14,16H,15H2,1H3,(H,24,25)(H2,23,26,27). The number of nitrogens with two attached hydrogens (primary N) is 1. The molecule has 3 aromatic rings. The van der Waals surface area contributed by atoms with Gasteiger partial charge in [0, 0.05) is 5.56 Å². The second-order valence-corrected chi connectivity index (χ2v) is 8.17. The Kier molecular flexibility index (Phi) is 6.31.